The van der Waals surface area contributed by atoms with Crippen molar-refractivity contribution in [2.75, 3.05) is 17.5 Å². The minimum absolute atomic E-state index is 0.0778. The number of nitrogens with one attached hydrogen (secondary N) is 3. The number of amides is 2. The molecule has 0 aliphatic rings. The van der Waals surface area contributed by atoms with E-state index < -0.39 is 26.8 Å². The molecule has 2 rings (SSSR count). The largest absolute Gasteiger partial charge is 0.348 e. The van der Waals surface area contributed by atoms with Gasteiger partial charge in [-0.1, -0.05) is 18.2 Å². The molecule has 0 spiro atoms. The van der Waals surface area contributed by atoms with Crippen molar-refractivity contribution in [1.82, 2.24) is 10.6 Å². The van der Waals surface area contributed by atoms with Gasteiger partial charge in [0.1, 0.15) is 0 Å². The zero-order valence-corrected chi connectivity index (χ0v) is 16.5. The first-order valence-electron chi connectivity index (χ1n) is 8.45. The predicted molar refractivity (Wildman–Crippen MR) is 107 cm³/mol. The van der Waals surface area contributed by atoms with E-state index in [1.54, 1.807) is 31.2 Å². The SMILES string of the molecule is C[C@H](NC(=O)CNC(=O)c1cccc([N+](=O)[O-])c1)c1ccc(NS(C)(=O)=O)cc1. The van der Waals surface area contributed by atoms with Crippen LogP contribution in [0.5, 0.6) is 0 Å². The fraction of sp³-hybridized carbons (Fsp3) is 0.222. The highest BCUT2D eigenvalue weighted by Gasteiger charge is 2.14. The Balaban J connectivity index is 1.89. The summed E-state index contributed by atoms with van der Waals surface area (Å²) in [5.74, 6) is -1.05. The molecule has 0 bridgehead atoms. The van der Waals surface area contributed by atoms with Crippen LogP contribution in [0.1, 0.15) is 28.9 Å². The van der Waals surface area contributed by atoms with E-state index in [1.165, 1.54) is 18.2 Å². The first-order valence-corrected chi connectivity index (χ1v) is 10.3. The molecule has 0 aromatic heterocycles. The summed E-state index contributed by atoms with van der Waals surface area (Å²) in [4.78, 5) is 34.3. The molecular weight excluding hydrogens is 400 g/mol. The van der Waals surface area contributed by atoms with E-state index in [0.717, 1.165) is 17.9 Å². The molecule has 0 aliphatic carbocycles. The lowest BCUT2D eigenvalue weighted by molar-refractivity contribution is -0.384. The standard InChI is InChI=1S/C18H20N4O6S/c1-12(13-6-8-15(9-7-13)21-29(2,27)28)20-17(23)11-19-18(24)14-4-3-5-16(10-14)22(25)26/h3-10,12,21H,11H2,1-2H3,(H,19,24)(H,20,23)/t12-/m0/s1. The fourth-order valence-corrected chi connectivity index (χ4v) is 3.02. The number of carbonyl (C=O) groups excluding carboxylic acids is 2. The second kappa shape index (κ2) is 9.15. The summed E-state index contributed by atoms with van der Waals surface area (Å²) < 4.78 is 24.8. The van der Waals surface area contributed by atoms with Gasteiger partial charge in [0.05, 0.1) is 23.8 Å². The van der Waals surface area contributed by atoms with Gasteiger partial charge in [-0.25, -0.2) is 8.42 Å². The van der Waals surface area contributed by atoms with Crippen LogP contribution in [0, 0.1) is 10.1 Å². The number of nitrogens with zero attached hydrogens (tertiary/aromatic N) is 1. The fourth-order valence-electron chi connectivity index (χ4n) is 2.45. The van der Waals surface area contributed by atoms with Crippen LogP contribution in [-0.4, -0.2) is 38.0 Å². The van der Waals surface area contributed by atoms with Gasteiger partial charge >= 0.3 is 0 Å². The molecule has 10 nitrogen and oxygen atoms in total. The average molecular weight is 420 g/mol. The van der Waals surface area contributed by atoms with Crippen LogP contribution in [0.3, 0.4) is 0 Å². The Labute approximate surface area is 167 Å². The van der Waals surface area contributed by atoms with Crippen LogP contribution in [0.4, 0.5) is 11.4 Å². The number of rotatable bonds is 8. The van der Waals surface area contributed by atoms with Crippen LogP contribution in [0.15, 0.2) is 48.5 Å². The van der Waals surface area contributed by atoms with Gasteiger partial charge in [-0.2, -0.15) is 0 Å². The smallest absolute Gasteiger partial charge is 0.270 e. The number of nitro benzene ring substituents is 1. The maximum Gasteiger partial charge on any atom is 0.270 e. The van der Waals surface area contributed by atoms with Crippen LogP contribution >= 0.6 is 0 Å². The van der Waals surface area contributed by atoms with Crippen molar-refractivity contribution in [3.63, 3.8) is 0 Å². The van der Waals surface area contributed by atoms with E-state index in [9.17, 15) is 28.1 Å². The molecule has 0 saturated carbocycles. The molecule has 2 aromatic carbocycles. The molecule has 29 heavy (non-hydrogen) atoms. The lowest BCUT2D eigenvalue weighted by Gasteiger charge is -2.15. The van der Waals surface area contributed by atoms with Crippen molar-refractivity contribution in [1.29, 1.82) is 0 Å². The zero-order chi connectivity index (χ0) is 21.6. The van der Waals surface area contributed by atoms with E-state index >= 15 is 0 Å². The monoisotopic (exact) mass is 420 g/mol. The van der Waals surface area contributed by atoms with Crippen molar-refractivity contribution < 1.29 is 22.9 Å². The molecule has 154 valence electrons. The summed E-state index contributed by atoms with van der Waals surface area (Å²) in [6, 6.07) is 11.3. The van der Waals surface area contributed by atoms with Gasteiger partial charge in [0, 0.05) is 23.4 Å². The molecule has 2 aromatic rings. The van der Waals surface area contributed by atoms with Crippen LogP contribution < -0.4 is 15.4 Å². The quantitative estimate of drug-likeness (QED) is 0.436. The number of nitro groups is 1. The normalized spacial score (nSPS) is 11.9. The Kier molecular flexibility index (Phi) is 6.89. The molecule has 0 heterocycles. The molecule has 0 unspecified atom stereocenters. The van der Waals surface area contributed by atoms with Crippen molar-refractivity contribution in [3.05, 3.63) is 69.8 Å². The summed E-state index contributed by atoms with van der Waals surface area (Å²) in [7, 11) is -3.37. The van der Waals surface area contributed by atoms with E-state index in [1.807, 2.05) is 0 Å². The number of hydrogen-bond acceptors (Lipinski definition) is 6. The maximum atomic E-state index is 12.1. The van der Waals surface area contributed by atoms with Crippen molar-refractivity contribution in [2.24, 2.45) is 0 Å². The van der Waals surface area contributed by atoms with Crippen molar-refractivity contribution >= 4 is 33.2 Å². The van der Waals surface area contributed by atoms with E-state index in [0.29, 0.717) is 5.69 Å². The maximum absolute atomic E-state index is 12.1. The number of sulfonamides is 1. The van der Waals surface area contributed by atoms with Gasteiger partial charge in [-0.15, -0.1) is 0 Å². The van der Waals surface area contributed by atoms with Crippen molar-refractivity contribution in [2.45, 2.75) is 13.0 Å². The lowest BCUT2D eigenvalue weighted by Crippen LogP contribution is -2.38. The minimum atomic E-state index is -3.37. The summed E-state index contributed by atoms with van der Waals surface area (Å²) in [6.07, 6.45) is 1.05. The Morgan fingerprint density at radius 1 is 1.14 bits per heavy atom. The number of non-ortho nitro benzene ring substituents is 1. The molecule has 1 atom stereocenters. The van der Waals surface area contributed by atoms with Gasteiger partial charge in [0.15, 0.2) is 0 Å². The Morgan fingerprint density at radius 3 is 2.38 bits per heavy atom. The van der Waals surface area contributed by atoms with Gasteiger partial charge < -0.3 is 10.6 Å². The van der Waals surface area contributed by atoms with Crippen molar-refractivity contribution in [3.8, 4) is 0 Å². The van der Waals surface area contributed by atoms with E-state index in [4.69, 9.17) is 0 Å². The molecule has 0 saturated heterocycles. The topological polar surface area (TPSA) is 148 Å². The molecule has 3 N–H and O–H groups in total. The van der Waals surface area contributed by atoms with Gasteiger partial charge in [-0.3, -0.25) is 24.4 Å². The van der Waals surface area contributed by atoms with E-state index in [2.05, 4.69) is 15.4 Å². The minimum Gasteiger partial charge on any atom is -0.348 e. The van der Waals surface area contributed by atoms with Crippen LogP contribution in [0.25, 0.3) is 0 Å². The van der Waals surface area contributed by atoms with Gasteiger partial charge in [0.25, 0.3) is 11.6 Å². The number of anilines is 1. The first-order chi connectivity index (χ1) is 13.5. The molecule has 0 aliphatic heterocycles. The van der Waals surface area contributed by atoms with Gasteiger partial charge in [0.2, 0.25) is 15.9 Å². The number of carbonyl (C=O) groups is 2. The third kappa shape index (κ3) is 6.88. The molecule has 0 fully saturated rings. The van der Waals surface area contributed by atoms with E-state index in [-0.39, 0.29) is 23.8 Å². The lowest BCUT2D eigenvalue weighted by atomic mass is 10.1. The molecule has 11 heteroatoms. The third-order valence-electron chi connectivity index (χ3n) is 3.82. The first kappa shape index (κ1) is 21.8. The average Bonchev–Trinajstić information content (AvgIpc) is 2.65. The summed E-state index contributed by atoms with van der Waals surface area (Å²) in [6.45, 7) is 1.43. The Morgan fingerprint density at radius 2 is 1.79 bits per heavy atom. The number of benzene rings is 2. The van der Waals surface area contributed by atoms with Crippen LogP contribution in [-0.2, 0) is 14.8 Å². The second-order valence-corrected chi connectivity index (χ2v) is 8.02. The Bertz CT molecular complexity index is 1020. The highest BCUT2D eigenvalue weighted by molar-refractivity contribution is 7.92. The summed E-state index contributed by atoms with van der Waals surface area (Å²) in [5.41, 5.74) is 1.000. The predicted octanol–water partition coefficient (Wildman–Crippen LogP) is 1.57. The zero-order valence-electron chi connectivity index (χ0n) is 15.7. The van der Waals surface area contributed by atoms with Gasteiger partial charge in [-0.05, 0) is 30.7 Å². The highest BCUT2D eigenvalue weighted by Crippen LogP contribution is 2.17. The summed E-state index contributed by atoms with van der Waals surface area (Å²) >= 11 is 0. The molecule has 0 radical (unpaired) electrons. The third-order valence-corrected chi connectivity index (χ3v) is 4.43. The number of hydrogen-bond donors (Lipinski definition) is 3. The second-order valence-electron chi connectivity index (χ2n) is 6.28. The Hall–Kier alpha value is -3.47. The summed E-state index contributed by atoms with van der Waals surface area (Å²) in [5, 5.41) is 15.9. The highest BCUT2D eigenvalue weighted by atomic mass is 32.2. The van der Waals surface area contributed by atoms with Crippen LogP contribution in [0.2, 0.25) is 0 Å². The molecule has 2 amide bonds. The molecular formula is C18H20N4O6S.